The summed E-state index contributed by atoms with van der Waals surface area (Å²) in [6, 6.07) is -0.537. The van der Waals surface area contributed by atoms with Gasteiger partial charge in [0.1, 0.15) is 7.85 Å². The van der Waals surface area contributed by atoms with E-state index in [1.165, 1.54) is 0 Å². The number of phosphoric ester groups is 1. The van der Waals surface area contributed by atoms with E-state index in [4.69, 9.17) is 32.2 Å². The average Bonchev–Trinajstić information content (AvgIpc) is 2.55. The molecule has 1 aliphatic heterocycles. The first-order chi connectivity index (χ1) is 8.89. The summed E-state index contributed by atoms with van der Waals surface area (Å²) >= 11 is 0. The second-order valence-corrected chi connectivity index (χ2v) is 8.18. The minimum absolute atomic E-state index is 0.441. The molecule has 1 fully saturated rings. The van der Waals surface area contributed by atoms with Crippen LogP contribution in [0.25, 0.3) is 0 Å². The van der Waals surface area contributed by atoms with Crippen LogP contribution >= 0.6 is 23.5 Å². The Balaban J connectivity index is 2.50. The van der Waals surface area contributed by atoms with E-state index >= 15 is 0 Å². The van der Waals surface area contributed by atoms with Gasteiger partial charge in [0.25, 0.3) is 0 Å². The summed E-state index contributed by atoms with van der Waals surface area (Å²) in [6.07, 6.45) is 0.344. The summed E-state index contributed by atoms with van der Waals surface area (Å²) in [4.78, 5) is 34.6. The summed E-state index contributed by atoms with van der Waals surface area (Å²) in [7, 11) is -10.5. The normalized spacial score (nSPS) is 29.8. The zero-order valence-corrected chi connectivity index (χ0v) is 12.5. The van der Waals surface area contributed by atoms with Crippen LogP contribution in [0.3, 0.4) is 0 Å². The molecular formula is C5H12BO11P3. The second-order valence-electron chi connectivity index (χ2n) is 3.76. The lowest BCUT2D eigenvalue weighted by Crippen LogP contribution is -2.16. The third-order valence-electron chi connectivity index (χ3n) is 1.98. The Morgan fingerprint density at radius 1 is 1.05 bits per heavy atom. The molecule has 1 rings (SSSR count). The van der Waals surface area contributed by atoms with Crippen LogP contribution in [-0.4, -0.2) is 46.1 Å². The first kappa shape index (κ1) is 18.5. The number of hydrogen-bond donors (Lipinski definition) is 4. The fourth-order valence-electron chi connectivity index (χ4n) is 1.34. The summed E-state index contributed by atoms with van der Waals surface area (Å²) < 4.78 is 49.1. The van der Waals surface area contributed by atoms with Crippen molar-refractivity contribution in [2.45, 2.75) is 24.9 Å². The molecule has 2 radical (unpaired) electrons. The number of phosphoric acid groups is 3. The first-order valence-electron chi connectivity index (χ1n) is 5.08. The third-order valence-corrected chi connectivity index (χ3v) is 5.78. The molecule has 116 valence electrons. The Morgan fingerprint density at radius 2 is 1.65 bits per heavy atom. The Kier molecular flexibility index (Phi) is 6.18. The van der Waals surface area contributed by atoms with Crippen LogP contribution in [0.1, 0.15) is 12.8 Å². The molecule has 4 N–H and O–H groups in total. The van der Waals surface area contributed by atoms with Crippen molar-refractivity contribution in [2.75, 3.05) is 6.61 Å². The quantitative estimate of drug-likeness (QED) is 0.359. The average molecular weight is 352 g/mol. The van der Waals surface area contributed by atoms with Crippen molar-refractivity contribution in [3.05, 3.63) is 0 Å². The minimum atomic E-state index is -5.48. The largest absolute Gasteiger partial charge is 0.490 e. The summed E-state index contributed by atoms with van der Waals surface area (Å²) in [5.74, 6) is 0. The number of hydrogen-bond acceptors (Lipinski definition) is 7. The Bertz CT molecular complexity index is 475. The second kappa shape index (κ2) is 6.68. The third kappa shape index (κ3) is 7.45. The van der Waals surface area contributed by atoms with Crippen LogP contribution in [0.2, 0.25) is 0 Å². The van der Waals surface area contributed by atoms with Crippen molar-refractivity contribution in [1.82, 2.24) is 0 Å². The molecule has 1 saturated heterocycles. The van der Waals surface area contributed by atoms with Gasteiger partial charge in [0, 0.05) is 6.00 Å². The number of ether oxygens (including phenoxy) is 1. The van der Waals surface area contributed by atoms with Gasteiger partial charge in [-0.25, -0.2) is 13.7 Å². The van der Waals surface area contributed by atoms with Crippen LogP contribution in [0.15, 0.2) is 0 Å². The van der Waals surface area contributed by atoms with E-state index < -0.39 is 42.2 Å². The molecule has 0 spiro atoms. The van der Waals surface area contributed by atoms with Crippen molar-refractivity contribution >= 4 is 31.3 Å². The summed E-state index contributed by atoms with van der Waals surface area (Å²) in [6.45, 7) is -0.461. The van der Waals surface area contributed by atoms with Crippen molar-refractivity contribution in [3.63, 3.8) is 0 Å². The highest BCUT2D eigenvalue weighted by Crippen LogP contribution is 2.66. The van der Waals surface area contributed by atoms with Crippen LogP contribution in [0.4, 0.5) is 0 Å². The highest BCUT2D eigenvalue weighted by molar-refractivity contribution is 7.66. The topological polar surface area (TPSA) is 169 Å². The highest BCUT2D eigenvalue weighted by Gasteiger charge is 2.41. The zero-order valence-electron chi connectivity index (χ0n) is 9.84. The van der Waals surface area contributed by atoms with Gasteiger partial charge in [0.2, 0.25) is 0 Å². The Morgan fingerprint density at radius 3 is 2.10 bits per heavy atom. The van der Waals surface area contributed by atoms with Crippen LogP contribution < -0.4 is 0 Å². The van der Waals surface area contributed by atoms with E-state index in [0.29, 0.717) is 12.8 Å². The molecule has 0 aliphatic carbocycles. The molecule has 0 saturated carbocycles. The molecule has 1 heterocycles. The molecule has 0 aromatic carbocycles. The van der Waals surface area contributed by atoms with E-state index in [1.807, 2.05) is 0 Å². The minimum Gasteiger partial charge on any atom is -0.382 e. The molecule has 4 unspecified atom stereocenters. The van der Waals surface area contributed by atoms with E-state index in [9.17, 15) is 13.7 Å². The fraction of sp³-hybridized carbons (Fsp3) is 1.00. The van der Waals surface area contributed by atoms with Gasteiger partial charge in [-0.2, -0.15) is 8.62 Å². The maximum atomic E-state index is 11.3. The smallest absolute Gasteiger partial charge is 0.382 e. The predicted octanol–water partition coefficient (Wildman–Crippen LogP) is 0.00330. The van der Waals surface area contributed by atoms with Gasteiger partial charge >= 0.3 is 23.5 Å². The van der Waals surface area contributed by atoms with Gasteiger partial charge in [0.15, 0.2) is 0 Å². The molecule has 11 nitrogen and oxygen atoms in total. The van der Waals surface area contributed by atoms with Gasteiger partial charge in [-0.1, -0.05) is 0 Å². The van der Waals surface area contributed by atoms with Gasteiger partial charge < -0.3 is 24.3 Å². The molecule has 20 heavy (non-hydrogen) atoms. The lowest BCUT2D eigenvalue weighted by molar-refractivity contribution is 0.0400. The maximum Gasteiger partial charge on any atom is 0.490 e. The maximum absolute atomic E-state index is 11.3. The van der Waals surface area contributed by atoms with Crippen molar-refractivity contribution < 1.29 is 51.2 Å². The predicted molar refractivity (Wildman–Crippen MR) is 63.5 cm³/mol. The molecular weight excluding hydrogens is 340 g/mol. The van der Waals surface area contributed by atoms with E-state index in [0.717, 1.165) is 0 Å². The van der Waals surface area contributed by atoms with Crippen molar-refractivity contribution in [1.29, 1.82) is 0 Å². The number of rotatable bonds is 7. The zero-order chi connectivity index (χ0) is 15.6. The molecule has 0 aromatic rings. The van der Waals surface area contributed by atoms with Crippen LogP contribution in [0.5, 0.6) is 0 Å². The van der Waals surface area contributed by atoms with Crippen LogP contribution in [0, 0.1) is 0 Å². The molecule has 15 heteroatoms. The van der Waals surface area contributed by atoms with E-state index in [2.05, 4.69) is 13.1 Å². The fourth-order valence-corrected chi connectivity index (χ4v) is 4.39. The van der Waals surface area contributed by atoms with Gasteiger partial charge in [-0.15, -0.1) is 0 Å². The summed E-state index contributed by atoms with van der Waals surface area (Å²) in [5, 5.41) is 0. The molecule has 0 aromatic heterocycles. The van der Waals surface area contributed by atoms with Crippen molar-refractivity contribution in [3.8, 4) is 0 Å². The lowest BCUT2D eigenvalue weighted by Gasteiger charge is -2.17. The monoisotopic (exact) mass is 352 g/mol. The standard InChI is InChI=1S/C5H12BO11P3/c6-5-2-1-4(15-5)3-14-19(10,11)17-20(12,13)16-18(7,8)9/h4-5H,1-3H2,(H,10,11)(H,12,13)(H2,7,8,9). The van der Waals surface area contributed by atoms with Gasteiger partial charge in [-0.3, -0.25) is 4.52 Å². The Labute approximate surface area is 115 Å². The molecule has 0 bridgehead atoms. The molecule has 4 atom stereocenters. The van der Waals surface area contributed by atoms with Gasteiger partial charge in [0.05, 0.1) is 12.7 Å². The first-order valence-corrected chi connectivity index (χ1v) is 9.60. The van der Waals surface area contributed by atoms with E-state index in [-0.39, 0.29) is 0 Å². The highest BCUT2D eigenvalue weighted by atomic mass is 31.3. The summed E-state index contributed by atoms with van der Waals surface area (Å²) in [5.41, 5.74) is 0. The van der Waals surface area contributed by atoms with E-state index in [1.54, 1.807) is 0 Å². The van der Waals surface area contributed by atoms with Gasteiger partial charge in [-0.05, 0) is 12.8 Å². The Hall–Kier alpha value is 0.435. The molecule has 1 aliphatic rings. The SMILES string of the molecule is [B]C1CCC(COP(=O)(O)OP(=O)(O)OP(=O)(O)O)O1. The van der Waals surface area contributed by atoms with Crippen LogP contribution in [-0.2, 0) is 31.6 Å². The lowest BCUT2D eigenvalue weighted by atomic mass is 9.97. The molecule has 0 amide bonds. The van der Waals surface area contributed by atoms with Crippen molar-refractivity contribution in [2.24, 2.45) is 0 Å².